The molecule has 0 heterocycles. The number of amides is 1. The Kier molecular flexibility index (Phi) is 7.82. The van der Waals surface area contributed by atoms with Crippen LogP contribution in [-0.2, 0) is 9.59 Å². The first kappa shape index (κ1) is 22.1. The van der Waals surface area contributed by atoms with Crippen LogP contribution in [0, 0.1) is 0 Å². The lowest BCUT2D eigenvalue weighted by atomic mass is 9.90. The standard InChI is InChI=1S/C26H27NO4/c1-2-17-31-22-15-13-19(14-16-22)23(18-24(28)29)27-26(30)25(20-9-5-3-6-10-20)21-11-7-4-8-12-21/h3-16,23,25H,2,17-18H2,1H3,(H,27,30)(H,28,29)/p-1. The molecule has 5 nitrogen and oxygen atoms in total. The van der Waals surface area contributed by atoms with E-state index in [2.05, 4.69) is 5.32 Å². The van der Waals surface area contributed by atoms with Gasteiger partial charge in [0.2, 0.25) is 5.91 Å². The summed E-state index contributed by atoms with van der Waals surface area (Å²) >= 11 is 0. The first-order valence-electron chi connectivity index (χ1n) is 10.4. The van der Waals surface area contributed by atoms with Crippen molar-refractivity contribution in [1.82, 2.24) is 5.32 Å². The zero-order valence-electron chi connectivity index (χ0n) is 17.5. The van der Waals surface area contributed by atoms with Gasteiger partial charge < -0.3 is 20.0 Å². The van der Waals surface area contributed by atoms with Gasteiger partial charge in [-0.1, -0.05) is 79.7 Å². The third-order valence-corrected chi connectivity index (χ3v) is 4.97. The van der Waals surface area contributed by atoms with Crippen LogP contribution in [0.4, 0.5) is 0 Å². The molecule has 5 heteroatoms. The zero-order chi connectivity index (χ0) is 22.1. The highest BCUT2D eigenvalue weighted by molar-refractivity contribution is 5.87. The Morgan fingerprint density at radius 3 is 1.87 bits per heavy atom. The van der Waals surface area contributed by atoms with E-state index < -0.39 is 17.9 Å². The van der Waals surface area contributed by atoms with Crippen molar-refractivity contribution >= 4 is 11.9 Å². The van der Waals surface area contributed by atoms with Crippen molar-refractivity contribution in [1.29, 1.82) is 0 Å². The number of benzene rings is 3. The molecule has 3 rings (SSSR count). The summed E-state index contributed by atoms with van der Waals surface area (Å²) in [5.74, 6) is -1.35. The van der Waals surface area contributed by atoms with E-state index in [4.69, 9.17) is 4.74 Å². The normalized spacial score (nSPS) is 11.7. The molecule has 31 heavy (non-hydrogen) atoms. The number of carboxylic acids is 1. The average Bonchev–Trinajstić information content (AvgIpc) is 2.79. The molecule has 0 bridgehead atoms. The van der Waals surface area contributed by atoms with Crippen LogP contribution >= 0.6 is 0 Å². The van der Waals surface area contributed by atoms with Crippen molar-refractivity contribution < 1.29 is 19.4 Å². The summed E-state index contributed by atoms with van der Waals surface area (Å²) in [6.07, 6.45) is 0.572. The first-order valence-corrected chi connectivity index (χ1v) is 10.4. The molecule has 0 saturated carbocycles. The fourth-order valence-corrected chi connectivity index (χ4v) is 3.48. The molecule has 3 aromatic carbocycles. The van der Waals surface area contributed by atoms with Crippen molar-refractivity contribution in [2.45, 2.75) is 31.7 Å². The SMILES string of the molecule is CCCOc1ccc(C(CC(=O)[O-])NC(=O)C(c2ccccc2)c2ccccc2)cc1. The molecular formula is C26H26NO4-. The molecular weight excluding hydrogens is 390 g/mol. The molecule has 0 aliphatic carbocycles. The number of hydrogen-bond acceptors (Lipinski definition) is 4. The minimum Gasteiger partial charge on any atom is -0.550 e. The molecule has 1 atom stereocenters. The van der Waals surface area contributed by atoms with Gasteiger partial charge in [0.15, 0.2) is 0 Å². The third kappa shape index (κ3) is 6.19. The lowest BCUT2D eigenvalue weighted by molar-refractivity contribution is -0.306. The number of carbonyl (C=O) groups is 2. The molecule has 0 fully saturated rings. The third-order valence-electron chi connectivity index (χ3n) is 4.97. The Hall–Kier alpha value is -3.60. The summed E-state index contributed by atoms with van der Waals surface area (Å²) < 4.78 is 5.59. The second-order valence-electron chi connectivity index (χ2n) is 7.31. The zero-order valence-corrected chi connectivity index (χ0v) is 17.5. The van der Waals surface area contributed by atoms with Gasteiger partial charge in [0.05, 0.1) is 18.6 Å². The summed E-state index contributed by atoms with van der Waals surface area (Å²) in [5.41, 5.74) is 2.35. The summed E-state index contributed by atoms with van der Waals surface area (Å²) in [6.45, 7) is 2.63. The Labute approximate surface area is 182 Å². The van der Waals surface area contributed by atoms with Crippen LogP contribution in [-0.4, -0.2) is 18.5 Å². The van der Waals surface area contributed by atoms with Crippen molar-refractivity contribution in [3.63, 3.8) is 0 Å². The van der Waals surface area contributed by atoms with E-state index >= 15 is 0 Å². The molecule has 160 valence electrons. The Morgan fingerprint density at radius 1 is 0.839 bits per heavy atom. The van der Waals surface area contributed by atoms with E-state index in [1.54, 1.807) is 24.3 Å². The lowest BCUT2D eigenvalue weighted by Gasteiger charge is -2.24. The summed E-state index contributed by atoms with van der Waals surface area (Å²) in [4.78, 5) is 24.8. The number of rotatable bonds is 10. The van der Waals surface area contributed by atoms with Gasteiger partial charge >= 0.3 is 0 Å². The molecule has 0 saturated heterocycles. The van der Waals surface area contributed by atoms with Gasteiger partial charge in [0.1, 0.15) is 5.75 Å². The summed E-state index contributed by atoms with van der Waals surface area (Å²) in [7, 11) is 0. The molecule has 0 aromatic heterocycles. The topological polar surface area (TPSA) is 78.5 Å². The maximum Gasteiger partial charge on any atom is 0.232 e. The second-order valence-corrected chi connectivity index (χ2v) is 7.31. The molecule has 1 amide bonds. The molecule has 1 unspecified atom stereocenters. The minimum atomic E-state index is -1.23. The van der Waals surface area contributed by atoms with E-state index in [-0.39, 0.29) is 12.3 Å². The monoisotopic (exact) mass is 416 g/mol. The van der Waals surface area contributed by atoms with Gasteiger partial charge in [-0.15, -0.1) is 0 Å². The Morgan fingerprint density at radius 2 is 1.39 bits per heavy atom. The number of aliphatic carboxylic acids is 1. The van der Waals surface area contributed by atoms with E-state index in [1.807, 2.05) is 67.6 Å². The predicted octanol–water partition coefficient (Wildman–Crippen LogP) is 3.60. The Balaban J connectivity index is 1.86. The maximum atomic E-state index is 13.4. The fraction of sp³-hybridized carbons (Fsp3) is 0.231. The molecule has 0 aliphatic rings. The first-order chi connectivity index (χ1) is 15.1. The highest BCUT2D eigenvalue weighted by Gasteiger charge is 2.25. The van der Waals surface area contributed by atoms with E-state index in [1.165, 1.54) is 0 Å². The molecule has 0 aliphatic heterocycles. The Bertz CT molecular complexity index is 932. The van der Waals surface area contributed by atoms with Gasteiger partial charge in [0, 0.05) is 12.4 Å². The van der Waals surface area contributed by atoms with Gasteiger partial charge in [-0.05, 0) is 35.2 Å². The van der Waals surface area contributed by atoms with Gasteiger partial charge in [-0.3, -0.25) is 4.79 Å². The lowest BCUT2D eigenvalue weighted by Crippen LogP contribution is -2.37. The van der Waals surface area contributed by atoms with Crippen LogP contribution in [0.2, 0.25) is 0 Å². The minimum absolute atomic E-state index is 0.269. The largest absolute Gasteiger partial charge is 0.550 e. The maximum absolute atomic E-state index is 13.4. The second kappa shape index (κ2) is 11.0. The van der Waals surface area contributed by atoms with E-state index in [0.29, 0.717) is 17.9 Å². The molecule has 3 aromatic rings. The number of ether oxygens (including phenoxy) is 1. The molecule has 1 N–H and O–H groups in total. The number of nitrogens with one attached hydrogen (secondary N) is 1. The van der Waals surface area contributed by atoms with Crippen molar-refractivity contribution in [3.05, 3.63) is 102 Å². The molecule has 0 radical (unpaired) electrons. The molecule has 0 spiro atoms. The van der Waals surface area contributed by atoms with E-state index in [0.717, 1.165) is 17.5 Å². The van der Waals surface area contributed by atoms with Gasteiger partial charge in [-0.2, -0.15) is 0 Å². The van der Waals surface area contributed by atoms with Gasteiger partial charge in [-0.25, -0.2) is 0 Å². The quantitative estimate of drug-likeness (QED) is 0.548. The van der Waals surface area contributed by atoms with Crippen LogP contribution in [0.15, 0.2) is 84.9 Å². The van der Waals surface area contributed by atoms with Crippen molar-refractivity contribution in [3.8, 4) is 5.75 Å². The highest BCUT2D eigenvalue weighted by atomic mass is 16.5. The summed E-state index contributed by atoms with van der Waals surface area (Å²) in [6, 6.07) is 25.3. The van der Waals surface area contributed by atoms with Crippen molar-refractivity contribution in [2.75, 3.05) is 6.61 Å². The number of hydrogen-bond donors (Lipinski definition) is 1. The van der Waals surface area contributed by atoms with Crippen molar-refractivity contribution in [2.24, 2.45) is 0 Å². The predicted molar refractivity (Wildman–Crippen MR) is 117 cm³/mol. The number of carbonyl (C=O) groups excluding carboxylic acids is 2. The number of carboxylic acid groups (broad SMARTS) is 1. The average molecular weight is 416 g/mol. The van der Waals surface area contributed by atoms with Crippen LogP contribution in [0.1, 0.15) is 48.4 Å². The summed E-state index contributed by atoms with van der Waals surface area (Å²) in [5, 5.41) is 14.3. The van der Waals surface area contributed by atoms with Crippen LogP contribution in [0.25, 0.3) is 0 Å². The van der Waals surface area contributed by atoms with Crippen LogP contribution < -0.4 is 15.2 Å². The van der Waals surface area contributed by atoms with Crippen LogP contribution in [0.5, 0.6) is 5.75 Å². The highest BCUT2D eigenvalue weighted by Crippen LogP contribution is 2.27. The van der Waals surface area contributed by atoms with Gasteiger partial charge in [0.25, 0.3) is 0 Å². The van der Waals surface area contributed by atoms with Crippen LogP contribution in [0.3, 0.4) is 0 Å². The fourth-order valence-electron chi connectivity index (χ4n) is 3.48. The van der Waals surface area contributed by atoms with E-state index in [9.17, 15) is 14.7 Å². The smallest absolute Gasteiger partial charge is 0.232 e.